The lowest BCUT2D eigenvalue weighted by Crippen LogP contribution is -2.41. The van der Waals surface area contributed by atoms with E-state index in [0.717, 1.165) is 5.56 Å². The van der Waals surface area contributed by atoms with E-state index in [4.69, 9.17) is 16.0 Å². The summed E-state index contributed by atoms with van der Waals surface area (Å²) in [7, 11) is -3.99. The molecule has 4 rings (SSSR count). The number of pyridine rings is 2. The van der Waals surface area contributed by atoms with Gasteiger partial charge < -0.3 is 9.73 Å². The Bertz CT molecular complexity index is 1650. The lowest BCUT2D eigenvalue weighted by Gasteiger charge is -2.23. The Morgan fingerprint density at radius 2 is 1.81 bits per heavy atom. The molecule has 0 aliphatic carbocycles. The number of hydrogen-bond donors (Lipinski definition) is 2. The molecule has 0 radical (unpaired) electrons. The number of nitrogens with zero attached hydrogens (tertiary/aromatic N) is 2. The molecule has 0 saturated heterocycles. The van der Waals surface area contributed by atoms with E-state index in [1.54, 1.807) is 58.2 Å². The first-order valence-electron chi connectivity index (χ1n) is 11.7. The van der Waals surface area contributed by atoms with E-state index in [1.807, 2.05) is 26.0 Å². The van der Waals surface area contributed by atoms with Gasteiger partial charge in [0.15, 0.2) is 16.2 Å². The zero-order valence-electron chi connectivity index (χ0n) is 21.5. The molecule has 0 amide bonds. The second kappa shape index (κ2) is 9.89. The zero-order valence-corrected chi connectivity index (χ0v) is 23.1. The maximum atomic E-state index is 13.3. The van der Waals surface area contributed by atoms with Gasteiger partial charge in [0.1, 0.15) is 16.4 Å². The van der Waals surface area contributed by atoms with E-state index in [0.29, 0.717) is 33.6 Å². The molecule has 0 bridgehead atoms. The summed E-state index contributed by atoms with van der Waals surface area (Å²) in [5.41, 5.74) is 2.37. The predicted octanol–water partition coefficient (Wildman–Crippen LogP) is 5.77. The first-order valence-corrected chi connectivity index (χ1v) is 13.6. The third-order valence-corrected chi connectivity index (χ3v) is 7.56. The Kier molecular flexibility index (Phi) is 7.16. The maximum absolute atomic E-state index is 13.3. The minimum absolute atomic E-state index is 0.0509. The van der Waals surface area contributed by atoms with E-state index in [-0.39, 0.29) is 21.3 Å². The van der Waals surface area contributed by atoms with Crippen molar-refractivity contribution in [3.63, 3.8) is 0 Å². The number of sulfonamides is 1. The lowest BCUT2D eigenvalue weighted by atomic mass is 9.99. The molecule has 0 aliphatic rings. The fraction of sp³-hybridized carbons (Fsp3) is 0.296. The second-order valence-corrected chi connectivity index (χ2v) is 12.0. The smallest absolute Gasteiger partial charge is 0.260 e. The summed E-state index contributed by atoms with van der Waals surface area (Å²) < 4.78 is 35.2. The topological polar surface area (TPSA) is 114 Å². The number of anilines is 1. The number of aromatic nitrogens is 2. The minimum Gasteiger partial charge on any atom is -0.454 e. The Morgan fingerprint density at radius 3 is 2.46 bits per heavy atom. The summed E-state index contributed by atoms with van der Waals surface area (Å²) in [5, 5.41) is 3.52. The average molecular weight is 541 g/mol. The average Bonchev–Trinajstić information content (AvgIpc) is 2.81. The quantitative estimate of drug-likeness (QED) is 0.298. The molecule has 1 unspecified atom stereocenters. The molecule has 2 N–H and O–H groups in total. The van der Waals surface area contributed by atoms with Gasteiger partial charge in [-0.25, -0.2) is 18.1 Å². The van der Waals surface area contributed by atoms with Crippen LogP contribution in [-0.4, -0.2) is 23.9 Å². The summed E-state index contributed by atoms with van der Waals surface area (Å²) in [6.45, 7) is 10.7. The molecule has 0 fully saturated rings. The van der Waals surface area contributed by atoms with Crippen LogP contribution >= 0.6 is 11.6 Å². The largest absolute Gasteiger partial charge is 0.454 e. The third-order valence-electron chi connectivity index (χ3n) is 5.65. The summed E-state index contributed by atoms with van der Waals surface area (Å²) >= 11 is 6.07. The fourth-order valence-corrected chi connectivity index (χ4v) is 5.86. The van der Waals surface area contributed by atoms with E-state index in [2.05, 4.69) is 20.0 Å². The van der Waals surface area contributed by atoms with Gasteiger partial charge in [-0.2, -0.15) is 0 Å². The van der Waals surface area contributed by atoms with Crippen LogP contribution in [0.1, 0.15) is 50.4 Å². The SMILES string of the molecule is Cc1cc(C(C)Nc2ccc(Cl)nc2S(=O)(=O)NC(C)(C)C)c2oc(-c3ccccn3)c(C)c(=O)c2c1. The second-order valence-electron chi connectivity index (χ2n) is 10.0. The van der Waals surface area contributed by atoms with Gasteiger partial charge in [0.2, 0.25) is 0 Å². The molecule has 1 atom stereocenters. The minimum atomic E-state index is -3.99. The van der Waals surface area contributed by atoms with Crippen LogP contribution in [-0.2, 0) is 10.0 Å². The molecular weight excluding hydrogens is 512 g/mol. The molecule has 3 heterocycles. The Hall–Kier alpha value is -3.27. The number of halogens is 1. The first kappa shape index (κ1) is 26.8. The van der Waals surface area contributed by atoms with Crippen molar-refractivity contribution in [3.05, 3.63) is 80.7 Å². The molecule has 0 spiro atoms. The monoisotopic (exact) mass is 540 g/mol. The maximum Gasteiger partial charge on any atom is 0.260 e. The van der Waals surface area contributed by atoms with Crippen molar-refractivity contribution in [3.8, 4) is 11.5 Å². The summed E-state index contributed by atoms with van der Waals surface area (Å²) in [6.07, 6.45) is 1.64. The van der Waals surface area contributed by atoms with Gasteiger partial charge in [0.25, 0.3) is 10.0 Å². The standard InChI is InChI=1S/C27H29ClN4O4S/c1-15-13-18(25-19(14-15)23(33)16(2)24(36-25)20-9-7-8-12-29-20)17(3)30-21-10-11-22(28)31-26(21)37(34,35)32-27(4,5)6/h7-14,17,30,32H,1-6H3. The van der Waals surface area contributed by atoms with Crippen molar-refractivity contribution < 1.29 is 12.8 Å². The molecule has 0 aliphatic heterocycles. The molecular formula is C27H29ClN4O4S. The Morgan fingerprint density at radius 1 is 1.08 bits per heavy atom. The van der Waals surface area contributed by atoms with Gasteiger partial charge in [-0.15, -0.1) is 0 Å². The third kappa shape index (κ3) is 5.69. The number of nitrogens with one attached hydrogen (secondary N) is 2. The molecule has 0 saturated carbocycles. The predicted molar refractivity (Wildman–Crippen MR) is 147 cm³/mol. The van der Waals surface area contributed by atoms with Crippen LogP contribution in [0, 0.1) is 13.8 Å². The summed E-state index contributed by atoms with van der Waals surface area (Å²) in [5.74, 6) is 0.390. The van der Waals surface area contributed by atoms with Crippen LogP contribution < -0.4 is 15.5 Å². The van der Waals surface area contributed by atoms with Crippen LogP contribution in [0.15, 0.2) is 62.9 Å². The van der Waals surface area contributed by atoms with Crippen molar-refractivity contribution in [1.82, 2.24) is 14.7 Å². The van der Waals surface area contributed by atoms with Crippen molar-refractivity contribution in [2.45, 2.75) is 58.1 Å². The number of hydrogen-bond acceptors (Lipinski definition) is 7. The highest BCUT2D eigenvalue weighted by Crippen LogP contribution is 2.33. The van der Waals surface area contributed by atoms with Crippen molar-refractivity contribution in [2.24, 2.45) is 0 Å². The summed E-state index contributed by atoms with van der Waals surface area (Å²) in [4.78, 5) is 21.8. The highest BCUT2D eigenvalue weighted by atomic mass is 35.5. The van der Waals surface area contributed by atoms with Gasteiger partial charge in [-0.05, 0) is 77.4 Å². The Balaban J connectivity index is 1.85. The molecule has 1 aromatic carbocycles. The number of aryl methyl sites for hydroxylation is 1. The van der Waals surface area contributed by atoms with Gasteiger partial charge in [0, 0.05) is 22.9 Å². The molecule has 37 heavy (non-hydrogen) atoms. The lowest BCUT2D eigenvalue weighted by molar-refractivity contribution is 0.490. The first-order chi connectivity index (χ1) is 17.3. The molecule has 3 aromatic heterocycles. The molecule has 10 heteroatoms. The number of fused-ring (bicyclic) bond motifs is 1. The van der Waals surface area contributed by atoms with E-state index < -0.39 is 21.6 Å². The molecule has 8 nitrogen and oxygen atoms in total. The molecule has 194 valence electrons. The van der Waals surface area contributed by atoms with E-state index in [9.17, 15) is 13.2 Å². The normalized spacial score (nSPS) is 13.1. The molecule has 4 aromatic rings. The van der Waals surface area contributed by atoms with E-state index in [1.165, 1.54) is 6.07 Å². The van der Waals surface area contributed by atoms with Gasteiger partial charge in [-0.1, -0.05) is 23.7 Å². The highest BCUT2D eigenvalue weighted by Gasteiger charge is 2.28. The summed E-state index contributed by atoms with van der Waals surface area (Å²) in [6, 6.07) is 11.7. The van der Waals surface area contributed by atoms with Crippen LogP contribution in [0.5, 0.6) is 0 Å². The van der Waals surface area contributed by atoms with Crippen molar-refractivity contribution >= 4 is 38.3 Å². The van der Waals surface area contributed by atoms with Gasteiger partial charge in [-0.3, -0.25) is 9.78 Å². The van der Waals surface area contributed by atoms with Crippen molar-refractivity contribution in [2.75, 3.05) is 5.32 Å². The van der Waals surface area contributed by atoms with E-state index >= 15 is 0 Å². The van der Waals surface area contributed by atoms with Gasteiger partial charge in [0.05, 0.1) is 17.1 Å². The van der Waals surface area contributed by atoms with Gasteiger partial charge >= 0.3 is 0 Å². The fourth-order valence-electron chi connectivity index (χ4n) is 4.13. The van der Waals surface area contributed by atoms with Crippen molar-refractivity contribution in [1.29, 1.82) is 0 Å². The number of rotatable bonds is 6. The number of benzene rings is 1. The van der Waals surface area contributed by atoms with Crippen LogP contribution in [0.4, 0.5) is 5.69 Å². The zero-order chi connectivity index (χ0) is 27.1. The highest BCUT2D eigenvalue weighted by molar-refractivity contribution is 7.89. The Labute approximate surface area is 221 Å². The van der Waals surface area contributed by atoms with Crippen LogP contribution in [0.25, 0.3) is 22.4 Å². The van der Waals surface area contributed by atoms with Crippen LogP contribution in [0.3, 0.4) is 0 Å². The van der Waals surface area contributed by atoms with Crippen LogP contribution in [0.2, 0.25) is 5.15 Å².